The van der Waals surface area contributed by atoms with E-state index in [4.69, 9.17) is 50.5 Å². The minimum absolute atomic E-state index is 0.0500. The third kappa shape index (κ3) is 28.0. The first-order valence-corrected chi connectivity index (χ1v) is 36.5. The SMILES string of the molecule is CCCCCC(=O)Nc1cccc(CN(Cc2cc(CN(Cc3ccccn3)Cc3cccc(NC(=O)CCCCC)n3)cc(OCCCCN(Cc3ccc(C(=O)NCCOCCOCCNC(=O)OC(C)(C)C)cc3)C(=O)C3(c4ccc(Cl)cc4)CCCCC3)c2)Cc2ccccn2)n1. The molecule has 540 valence electrons. The number of ether oxygens (including phenoxy) is 4. The molecule has 1 aliphatic rings. The molecule has 1 aliphatic carbocycles. The Morgan fingerprint density at radius 1 is 0.525 bits per heavy atom. The molecular weight excluding hydrogens is 1290 g/mol. The lowest BCUT2D eigenvalue weighted by atomic mass is 9.68. The molecule has 1 saturated carbocycles. The molecule has 5 amide bonds. The fourth-order valence-corrected chi connectivity index (χ4v) is 12.5. The van der Waals surface area contributed by atoms with Crippen molar-refractivity contribution >= 4 is 53.0 Å². The number of halogens is 1. The van der Waals surface area contributed by atoms with Crippen molar-refractivity contribution in [2.75, 3.05) is 63.3 Å². The topological polar surface area (TPSA) is 232 Å². The van der Waals surface area contributed by atoms with E-state index >= 15 is 4.79 Å². The van der Waals surface area contributed by atoms with Gasteiger partial charge in [-0.05, 0) is 166 Å². The van der Waals surface area contributed by atoms with Crippen molar-refractivity contribution in [3.63, 3.8) is 0 Å². The van der Waals surface area contributed by atoms with Crippen LogP contribution in [0.3, 0.4) is 0 Å². The van der Waals surface area contributed by atoms with Gasteiger partial charge in [-0.1, -0.05) is 125 Å². The van der Waals surface area contributed by atoms with E-state index in [1.54, 1.807) is 45.3 Å². The molecule has 0 bridgehead atoms. The van der Waals surface area contributed by atoms with Gasteiger partial charge in [-0.25, -0.2) is 14.8 Å². The van der Waals surface area contributed by atoms with Gasteiger partial charge in [0, 0.05) is 101 Å². The van der Waals surface area contributed by atoms with Gasteiger partial charge in [-0.15, -0.1) is 0 Å². The summed E-state index contributed by atoms with van der Waals surface area (Å²) in [5.74, 6) is 1.48. The normalized spacial score (nSPS) is 12.8. The summed E-state index contributed by atoms with van der Waals surface area (Å²) in [6, 6.07) is 45.0. The van der Waals surface area contributed by atoms with Crippen molar-refractivity contribution in [1.29, 1.82) is 0 Å². The van der Waals surface area contributed by atoms with Crippen LogP contribution in [0.25, 0.3) is 0 Å². The van der Waals surface area contributed by atoms with Crippen LogP contribution < -0.4 is 26.0 Å². The van der Waals surface area contributed by atoms with Crippen LogP contribution in [0.1, 0.15) is 186 Å². The van der Waals surface area contributed by atoms with Gasteiger partial charge in [0.15, 0.2) is 0 Å². The number of carbonyl (C=O) groups is 5. The number of benzene rings is 3. The van der Waals surface area contributed by atoms with Crippen LogP contribution in [0, 0.1) is 0 Å². The van der Waals surface area contributed by atoms with Crippen molar-refractivity contribution in [3.8, 4) is 5.75 Å². The van der Waals surface area contributed by atoms with Crippen LogP contribution >= 0.6 is 11.6 Å². The third-order valence-corrected chi connectivity index (χ3v) is 17.5. The number of nitrogens with one attached hydrogen (secondary N) is 4. The first-order chi connectivity index (χ1) is 49.0. The highest BCUT2D eigenvalue weighted by atomic mass is 35.5. The number of nitrogens with zero attached hydrogens (tertiary/aromatic N) is 7. The fraction of sp³-hybridized carbons (Fsp3) is 0.463. The number of aromatic nitrogens is 4. The fourth-order valence-electron chi connectivity index (χ4n) is 12.4. The molecule has 0 atom stereocenters. The van der Waals surface area contributed by atoms with Crippen LogP contribution in [0.5, 0.6) is 5.75 Å². The van der Waals surface area contributed by atoms with Crippen molar-refractivity contribution in [1.82, 2.24) is 45.3 Å². The van der Waals surface area contributed by atoms with Gasteiger partial charge in [-0.2, -0.15) is 0 Å². The van der Waals surface area contributed by atoms with E-state index in [1.807, 2.05) is 114 Å². The predicted octanol–water partition coefficient (Wildman–Crippen LogP) is 14.7. The molecule has 4 aromatic heterocycles. The zero-order chi connectivity index (χ0) is 71.5. The van der Waals surface area contributed by atoms with Gasteiger partial charge in [0.25, 0.3) is 5.91 Å². The van der Waals surface area contributed by atoms with Crippen LogP contribution in [-0.2, 0) is 79.8 Å². The Hall–Kier alpha value is -8.66. The van der Waals surface area contributed by atoms with E-state index in [1.165, 1.54) is 0 Å². The van der Waals surface area contributed by atoms with Crippen molar-refractivity contribution in [2.45, 2.75) is 188 Å². The van der Waals surface area contributed by atoms with Crippen LogP contribution in [-0.4, -0.2) is 123 Å². The molecule has 20 nitrogen and oxygen atoms in total. The molecule has 101 heavy (non-hydrogen) atoms. The first-order valence-electron chi connectivity index (χ1n) is 36.1. The molecule has 7 aromatic rings. The smallest absolute Gasteiger partial charge is 0.407 e. The van der Waals surface area contributed by atoms with E-state index in [0.717, 1.165) is 116 Å². The monoisotopic (exact) mass is 1400 g/mol. The minimum atomic E-state index is -0.719. The summed E-state index contributed by atoms with van der Waals surface area (Å²) in [6.45, 7) is 15.7. The second-order valence-electron chi connectivity index (χ2n) is 27.0. The van der Waals surface area contributed by atoms with Crippen LogP contribution in [0.15, 0.2) is 152 Å². The molecule has 8 rings (SSSR count). The number of hydrogen-bond acceptors (Lipinski definition) is 15. The Kier molecular flexibility index (Phi) is 32.4. The highest BCUT2D eigenvalue weighted by Gasteiger charge is 2.43. The maximum absolute atomic E-state index is 15.5. The summed E-state index contributed by atoms with van der Waals surface area (Å²) in [4.78, 5) is 92.6. The van der Waals surface area contributed by atoms with Gasteiger partial charge < -0.3 is 45.1 Å². The lowest BCUT2D eigenvalue weighted by Gasteiger charge is -2.40. The van der Waals surface area contributed by atoms with E-state index in [2.05, 4.69) is 63.1 Å². The second kappa shape index (κ2) is 41.9. The third-order valence-electron chi connectivity index (χ3n) is 17.3. The molecule has 0 spiro atoms. The van der Waals surface area contributed by atoms with E-state index < -0.39 is 17.1 Å². The standard InChI is InChI=1S/C80H104ClN11O9/c1-6-8-11-29-74(93)88-72-27-21-25-69(86-72)59-90(57-67-23-13-17-41-82-67)54-62-51-63(55-91(58-68-24-14-18-42-83-68)60-70-26-22-28-73(87-70)89-75(94)30-12-9-7-2)53-71(52-62)100-46-20-19-45-92(77(96)80(39-15-10-16-40-80)65-35-37-66(81)38-36-65)56-61-31-33-64(34-32-61)76(95)84-43-47-98-49-50-99-48-44-85-78(97)101-79(3,4)5/h13-14,17-18,21-28,31-38,41-42,51-53H,6-12,15-16,19-20,29-30,39-40,43-50,54-60H2,1-5H3,(H,84,95)(H,85,97)(H,86,88,93)(H,87,89,94). The molecule has 0 radical (unpaired) electrons. The average Bonchev–Trinajstić information content (AvgIpc) is 0.773. The lowest BCUT2D eigenvalue weighted by Crippen LogP contribution is -2.48. The number of carbonyl (C=O) groups excluding carboxylic acids is 5. The van der Waals surface area contributed by atoms with Gasteiger partial charge in [-0.3, -0.25) is 38.9 Å². The lowest BCUT2D eigenvalue weighted by molar-refractivity contribution is -0.139. The Morgan fingerprint density at radius 3 is 1.58 bits per heavy atom. The number of rotatable bonds is 42. The number of anilines is 2. The van der Waals surface area contributed by atoms with Crippen molar-refractivity contribution in [3.05, 3.63) is 208 Å². The number of alkyl carbamates (subject to hydrolysis) is 1. The molecule has 0 aliphatic heterocycles. The van der Waals surface area contributed by atoms with Crippen molar-refractivity contribution < 1.29 is 42.9 Å². The minimum Gasteiger partial charge on any atom is -0.494 e. The maximum Gasteiger partial charge on any atom is 0.407 e. The van der Waals surface area contributed by atoms with Gasteiger partial charge in [0.2, 0.25) is 17.7 Å². The highest BCUT2D eigenvalue weighted by Crippen LogP contribution is 2.42. The summed E-state index contributed by atoms with van der Waals surface area (Å²) >= 11 is 6.46. The molecular formula is C80H104ClN11O9. The number of unbranched alkanes of at least 4 members (excludes halogenated alkanes) is 5. The number of hydrogen-bond donors (Lipinski definition) is 4. The molecule has 1 fully saturated rings. The van der Waals surface area contributed by atoms with Crippen molar-refractivity contribution in [2.24, 2.45) is 0 Å². The van der Waals surface area contributed by atoms with Crippen LogP contribution in [0.2, 0.25) is 5.02 Å². The zero-order valence-electron chi connectivity index (χ0n) is 59.8. The second-order valence-corrected chi connectivity index (χ2v) is 27.4. The molecule has 3 aromatic carbocycles. The quantitative estimate of drug-likeness (QED) is 0.0261. The molecule has 0 unspecified atom stereocenters. The van der Waals surface area contributed by atoms with Gasteiger partial charge in [0.1, 0.15) is 23.0 Å². The Balaban J connectivity index is 0.995. The zero-order valence-corrected chi connectivity index (χ0v) is 60.6. The molecule has 0 saturated heterocycles. The summed E-state index contributed by atoms with van der Waals surface area (Å²) < 4.78 is 23.3. The Bertz CT molecular complexity index is 3520. The van der Waals surface area contributed by atoms with E-state index in [-0.39, 0.29) is 23.6 Å². The molecule has 4 heterocycles. The maximum atomic E-state index is 15.5. The summed E-state index contributed by atoms with van der Waals surface area (Å²) in [7, 11) is 0. The first kappa shape index (κ1) is 78.1. The molecule has 21 heteroatoms. The summed E-state index contributed by atoms with van der Waals surface area (Å²) in [5.41, 5.74) is 6.47. The van der Waals surface area contributed by atoms with Crippen LogP contribution in [0.4, 0.5) is 16.4 Å². The average molecular weight is 1400 g/mol. The van der Waals surface area contributed by atoms with E-state index in [9.17, 15) is 19.2 Å². The Morgan fingerprint density at radius 2 is 1.06 bits per heavy atom. The van der Waals surface area contributed by atoms with Gasteiger partial charge >= 0.3 is 6.09 Å². The predicted molar refractivity (Wildman–Crippen MR) is 396 cm³/mol. The van der Waals surface area contributed by atoms with Gasteiger partial charge in [0.05, 0.1) is 61.2 Å². The summed E-state index contributed by atoms with van der Waals surface area (Å²) in [5, 5.41) is 12.3. The number of pyridine rings is 4. The Labute approximate surface area is 602 Å². The molecule has 4 N–H and O–H groups in total. The largest absolute Gasteiger partial charge is 0.494 e. The van der Waals surface area contributed by atoms with E-state index in [0.29, 0.717) is 152 Å². The highest BCUT2D eigenvalue weighted by molar-refractivity contribution is 6.30. The number of amides is 5. The summed E-state index contributed by atoms with van der Waals surface area (Å²) in [6.07, 6.45) is 15.4.